The van der Waals surface area contributed by atoms with Crippen LogP contribution >= 0.6 is 23.7 Å². The fourth-order valence-electron chi connectivity index (χ4n) is 3.95. The Hall–Kier alpha value is -0.580. The van der Waals surface area contributed by atoms with E-state index < -0.39 is 0 Å². The third-order valence-corrected chi connectivity index (χ3v) is 6.37. The number of hydrogen-bond donors (Lipinski definition) is 1. The normalized spacial score (nSPS) is 22.1. The average molecular weight is 343 g/mol. The van der Waals surface area contributed by atoms with Gasteiger partial charge in [-0.15, -0.1) is 23.7 Å². The van der Waals surface area contributed by atoms with Crippen LogP contribution < -0.4 is 5.32 Å². The van der Waals surface area contributed by atoms with E-state index in [-0.39, 0.29) is 17.8 Å². The largest absolute Gasteiger partial charge is 0.342 e. The van der Waals surface area contributed by atoms with Crippen molar-refractivity contribution in [2.75, 3.05) is 20.1 Å². The predicted octanol–water partition coefficient (Wildman–Crippen LogP) is 3.58. The molecule has 124 valence electrons. The van der Waals surface area contributed by atoms with Crippen LogP contribution in [0.15, 0.2) is 17.5 Å². The number of carbonyl (C=O) groups excluding carboxylic acids is 1. The zero-order valence-corrected chi connectivity index (χ0v) is 15.0. The Balaban J connectivity index is 0.00000176. The van der Waals surface area contributed by atoms with Crippen LogP contribution in [0, 0.1) is 0 Å². The van der Waals surface area contributed by atoms with E-state index in [1.807, 2.05) is 7.05 Å². The van der Waals surface area contributed by atoms with Crippen LogP contribution in [-0.2, 0) is 10.2 Å². The third kappa shape index (κ3) is 3.34. The molecule has 5 heteroatoms. The number of halogens is 1. The summed E-state index contributed by atoms with van der Waals surface area (Å²) in [6, 6.07) is 4.85. The Morgan fingerprint density at radius 1 is 1.27 bits per heavy atom. The molecule has 0 radical (unpaired) electrons. The van der Waals surface area contributed by atoms with Gasteiger partial charge in [0.25, 0.3) is 0 Å². The van der Waals surface area contributed by atoms with E-state index in [0.29, 0.717) is 11.9 Å². The lowest BCUT2D eigenvalue weighted by molar-refractivity contribution is -0.140. The highest BCUT2D eigenvalue weighted by Gasteiger charge is 2.44. The number of amides is 1. The van der Waals surface area contributed by atoms with Gasteiger partial charge >= 0.3 is 0 Å². The van der Waals surface area contributed by atoms with Crippen molar-refractivity contribution in [2.24, 2.45) is 0 Å². The summed E-state index contributed by atoms with van der Waals surface area (Å²) in [7, 11) is 2.02. The second kappa shape index (κ2) is 7.80. The minimum atomic E-state index is -0.209. The molecule has 2 aliphatic rings. The van der Waals surface area contributed by atoms with E-state index in [1.165, 1.54) is 24.1 Å². The molecule has 2 fully saturated rings. The van der Waals surface area contributed by atoms with Gasteiger partial charge in [0.1, 0.15) is 0 Å². The molecule has 2 heterocycles. The molecule has 0 unspecified atom stereocenters. The van der Waals surface area contributed by atoms with Crippen molar-refractivity contribution in [1.82, 2.24) is 10.2 Å². The van der Waals surface area contributed by atoms with Gasteiger partial charge in [-0.1, -0.05) is 25.3 Å². The van der Waals surface area contributed by atoms with Gasteiger partial charge in [-0.05, 0) is 44.2 Å². The fourth-order valence-corrected chi connectivity index (χ4v) is 4.92. The molecular weight excluding hydrogens is 316 g/mol. The van der Waals surface area contributed by atoms with E-state index in [1.54, 1.807) is 11.3 Å². The van der Waals surface area contributed by atoms with Gasteiger partial charge in [-0.25, -0.2) is 0 Å². The summed E-state index contributed by atoms with van der Waals surface area (Å²) in [6.45, 7) is 1.83. The van der Waals surface area contributed by atoms with Crippen LogP contribution in [0.3, 0.4) is 0 Å². The SMILES string of the molecule is CNC1CCN(C(=O)C2(c3cccs3)CCCCC2)CC1.Cl. The van der Waals surface area contributed by atoms with Crippen molar-refractivity contribution in [3.8, 4) is 0 Å². The lowest BCUT2D eigenvalue weighted by Crippen LogP contribution is -2.52. The number of likely N-dealkylation sites (tertiary alicyclic amines) is 1. The maximum Gasteiger partial charge on any atom is 0.234 e. The summed E-state index contributed by atoms with van der Waals surface area (Å²) >= 11 is 1.77. The van der Waals surface area contributed by atoms with Gasteiger partial charge in [0.05, 0.1) is 5.41 Å². The first-order valence-corrected chi connectivity index (χ1v) is 9.15. The van der Waals surface area contributed by atoms with Crippen molar-refractivity contribution < 1.29 is 4.79 Å². The summed E-state index contributed by atoms with van der Waals surface area (Å²) in [5, 5.41) is 5.46. The first kappa shape index (κ1) is 17.8. The summed E-state index contributed by atoms with van der Waals surface area (Å²) in [4.78, 5) is 16.7. The molecule has 3 rings (SSSR count). The topological polar surface area (TPSA) is 32.3 Å². The number of hydrogen-bond acceptors (Lipinski definition) is 3. The molecule has 3 nitrogen and oxygen atoms in total. The highest BCUT2D eigenvalue weighted by atomic mass is 35.5. The van der Waals surface area contributed by atoms with Gasteiger partial charge in [-0.3, -0.25) is 4.79 Å². The summed E-state index contributed by atoms with van der Waals surface area (Å²) < 4.78 is 0. The number of nitrogens with one attached hydrogen (secondary N) is 1. The predicted molar refractivity (Wildman–Crippen MR) is 95.0 cm³/mol. The Labute approximate surface area is 143 Å². The van der Waals surface area contributed by atoms with Crippen LogP contribution in [0.2, 0.25) is 0 Å². The molecular formula is C17H27ClN2OS. The van der Waals surface area contributed by atoms with Crippen molar-refractivity contribution in [2.45, 2.75) is 56.4 Å². The molecule has 1 N–H and O–H groups in total. The Bertz CT molecular complexity index is 463. The van der Waals surface area contributed by atoms with Crippen molar-refractivity contribution >= 4 is 29.7 Å². The first-order valence-electron chi connectivity index (χ1n) is 8.27. The smallest absolute Gasteiger partial charge is 0.234 e. The van der Waals surface area contributed by atoms with Crippen molar-refractivity contribution in [3.63, 3.8) is 0 Å². The lowest BCUT2D eigenvalue weighted by atomic mass is 9.71. The molecule has 1 saturated carbocycles. The van der Waals surface area contributed by atoms with Crippen LogP contribution in [-0.4, -0.2) is 37.0 Å². The van der Waals surface area contributed by atoms with E-state index in [9.17, 15) is 4.79 Å². The second-order valence-corrected chi connectivity index (χ2v) is 7.42. The summed E-state index contributed by atoms with van der Waals surface area (Å²) in [5.41, 5.74) is -0.209. The second-order valence-electron chi connectivity index (χ2n) is 6.48. The number of piperidine rings is 1. The van der Waals surface area contributed by atoms with E-state index in [2.05, 4.69) is 27.7 Å². The van der Waals surface area contributed by atoms with Gasteiger partial charge in [-0.2, -0.15) is 0 Å². The zero-order valence-electron chi connectivity index (χ0n) is 13.3. The number of thiophene rings is 1. The Morgan fingerprint density at radius 2 is 1.95 bits per heavy atom. The molecule has 1 aromatic heterocycles. The monoisotopic (exact) mass is 342 g/mol. The first-order chi connectivity index (χ1) is 10.3. The minimum Gasteiger partial charge on any atom is -0.342 e. The van der Waals surface area contributed by atoms with Gasteiger partial charge in [0, 0.05) is 24.0 Å². The van der Waals surface area contributed by atoms with Crippen LogP contribution in [0.25, 0.3) is 0 Å². The standard InChI is InChI=1S/C17H26N2OS.ClH/c1-18-14-7-11-19(12-8-14)16(20)17(9-3-2-4-10-17)15-6-5-13-21-15;/h5-6,13-14,18H,2-4,7-12H2,1H3;1H. The molecule has 0 atom stereocenters. The molecule has 0 spiro atoms. The lowest BCUT2D eigenvalue weighted by Gasteiger charge is -2.41. The van der Waals surface area contributed by atoms with Gasteiger partial charge < -0.3 is 10.2 Å². The highest BCUT2D eigenvalue weighted by molar-refractivity contribution is 7.10. The van der Waals surface area contributed by atoms with Crippen molar-refractivity contribution in [1.29, 1.82) is 0 Å². The van der Waals surface area contributed by atoms with Crippen LogP contribution in [0.1, 0.15) is 49.8 Å². The maximum atomic E-state index is 13.3. The fraction of sp³-hybridized carbons (Fsp3) is 0.706. The molecule has 1 amide bonds. The number of carbonyl (C=O) groups is 1. The Kier molecular flexibility index (Phi) is 6.30. The quantitative estimate of drug-likeness (QED) is 0.910. The molecule has 22 heavy (non-hydrogen) atoms. The van der Waals surface area contributed by atoms with Crippen LogP contribution in [0.4, 0.5) is 0 Å². The summed E-state index contributed by atoms with van der Waals surface area (Å²) in [5.74, 6) is 0.402. The maximum absolute atomic E-state index is 13.3. The zero-order chi connectivity index (χ0) is 14.7. The molecule has 1 aliphatic heterocycles. The average Bonchev–Trinajstić information content (AvgIpc) is 3.10. The van der Waals surface area contributed by atoms with E-state index >= 15 is 0 Å². The third-order valence-electron chi connectivity index (χ3n) is 5.30. The summed E-state index contributed by atoms with van der Waals surface area (Å²) in [6.07, 6.45) is 7.91. The molecule has 1 aliphatic carbocycles. The van der Waals surface area contributed by atoms with Crippen LogP contribution in [0.5, 0.6) is 0 Å². The van der Waals surface area contributed by atoms with E-state index in [0.717, 1.165) is 38.8 Å². The van der Waals surface area contributed by atoms with Crippen molar-refractivity contribution in [3.05, 3.63) is 22.4 Å². The highest BCUT2D eigenvalue weighted by Crippen LogP contribution is 2.43. The molecule has 1 saturated heterocycles. The molecule has 1 aromatic rings. The number of nitrogens with zero attached hydrogens (tertiary/aromatic N) is 1. The minimum absolute atomic E-state index is 0. The molecule has 0 aromatic carbocycles. The number of rotatable bonds is 3. The molecule has 0 bridgehead atoms. The van der Waals surface area contributed by atoms with Gasteiger partial charge in [0.15, 0.2) is 0 Å². The van der Waals surface area contributed by atoms with E-state index in [4.69, 9.17) is 0 Å². The van der Waals surface area contributed by atoms with Gasteiger partial charge in [0.2, 0.25) is 5.91 Å². The Morgan fingerprint density at radius 3 is 2.50 bits per heavy atom.